The lowest BCUT2D eigenvalue weighted by molar-refractivity contribution is 0.482. The van der Waals surface area contributed by atoms with Gasteiger partial charge in [-0.2, -0.15) is 5.10 Å². The third-order valence-corrected chi connectivity index (χ3v) is 5.44. The molecule has 0 aliphatic rings. The van der Waals surface area contributed by atoms with Gasteiger partial charge >= 0.3 is 0 Å². The van der Waals surface area contributed by atoms with E-state index in [0.29, 0.717) is 27.2 Å². The van der Waals surface area contributed by atoms with Crippen LogP contribution < -0.4 is 5.56 Å². The minimum atomic E-state index is -0.254. The summed E-state index contributed by atoms with van der Waals surface area (Å²) in [4.78, 5) is 16.7. The van der Waals surface area contributed by atoms with Crippen molar-refractivity contribution in [2.75, 3.05) is 0 Å². The summed E-state index contributed by atoms with van der Waals surface area (Å²) in [5, 5.41) is 14.8. The van der Waals surface area contributed by atoms with Crippen LogP contribution in [0.4, 0.5) is 0 Å². The van der Waals surface area contributed by atoms with E-state index in [2.05, 4.69) is 20.3 Å². The highest BCUT2D eigenvalue weighted by Crippen LogP contribution is 2.29. The van der Waals surface area contributed by atoms with Crippen LogP contribution in [-0.2, 0) is 6.54 Å². The lowest BCUT2D eigenvalue weighted by Crippen LogP contribution is -2.22. The SMILES string of the molecule is O=c1ccc(-c2nnc(-c3cccc(Cl)c3)s2)nn1Cc1nc2ccccc2o1. The first-order valence-corrected chi connectivity index (χ1v) is 9.87. The first-order valence-electron chi connectivity index (χ1n) is 8.68. The molecule has 3 heterocycles. The third kappa shape index (κ3) is 3.55. The molecule has 0 fully saturated rings. The largest absolute Gasteiger partial charge is 0.439 e. The number of benzene rings is 2. The molecular formula is C20H12ClN5O2S. The highest BCUT2D eigenvalue weighted by molar-refractivity contribution is 7.17. The smallest absolute Gasteiger partial charge is 0.267 e. The zero-order valence-corrected chi connectivity index (χ0v) is 16.4. The molecule has 5 aromatic rings. The molecule has 5 rings (SSSR count). The molecule has 0 unspecified atom stereocenters. The van der Waals surface area contributed by atoms with E-state index in [1.807, 2.05) is 42.5 Å². The fourth-order valence-corrected chi connectivity index (χ4v) is 3.85. The van der Waals surface area contributed by atoms with Gasteiger partial charge in [-0.3, -0.25) is 4.79 Å². The molecule has 0 saturated carbocycles. The summed E-state index contributed by atoms with van der Waals surface area (Å²) in [6, 6.07) is 17.9. The summed E-state index contributed by atoms with van der Waals surface area (Å²) < 4.78 is 7.00. The zero-order chi connectivity index (χ0) is 19.8. The number of hydrogen-bond donors (Lipinski definition) is 0. The molecule has 0 N–H and O–H groups in total. The van der Waals surface area contributed by atoms with Crippen molar-refractivity contribution in [2.24, 2.45) is 0 Å². The number of para-hydroxylation sites is 2. The predicted octanol–water partition coefficient (Wildman–Crippen LogP) is 4.27. The van der Waals surface area contributed by atoms with E-state index in [1.165, 1.54) is 22.1 Å². The van der Waals surface area contributed by atoms with E-state index in [-0.39, 0.29) is 12.1 Å². The van der Waals surface area contributed by atoms with Crippen molar-refractivity contribution < 1.29 is 4.42 Å². The third-order valence-electron chi connectivity index (χ3n) is 4.21. The van der Waals surface area contributed by atoms with Crippen LogP contribution in [-0.4, -0.2) is 25.0 Å². The summed E-state index contributed by atoms with van der Waals surface area (Å²) in [6.45, 7) is 0.126. The molecule has 0 amide bonds. The Hall–Kier alpha value is -3.36. The Morgan fingerprint density at radius 3 is 2.72 bits per heavy atom. The lowest BCUT2D eigenvalue weighted by Gasteiger charge is -2.02. The predicted molar refractivity (Wildman–Crippen MR) is 111 cm³/mol. The van der Waals surface area contributed by atoms with Crippen molar-refractivity contribution in [3.63, 3.8) is 0 Å². The highest BCUT2D eigenvalue weighted by Gasteiger charge is 2.13. The summed E-state index contributed by atoms with van der Waals surface area (Å²) in [5.74, 6) is 0.412. The topological polar surface area (TPSA) is 86.7 Å². The van der Waals surface area contributed by atoms with E-state index in [1.54, 1.807) is 12.1 Å². The Morgan fingerprint density at radius 2 is 1.86 bits per heavy atom. The molecule has 0 aliphatic carbocycles. The van der Waals surface area contributed by atoms with Gasteiger partial charge in [0.05, 0.1) is 0 Å². The second kappa shape index (κ2) is 7.23. The first-order chi connectivity index (χ1) is 14.2. The van der Waals surface area contributed by atoms with Gasteiger partial charge in [-0.15, -0.1) is 10.2 Å². The normalized spacial score (nSPS) is 11.2. The van der Waals surface area contributed by atoms with Gasteiger partial charge in [0.2, 0.25) is 5.89 Å². The van der Waals surface area contributed by atoms with Crippen LogP contribution in [0.15, 0.2) is 69.9 Å². The maximum Gasteiger partial charge on any atom is 0.267 e. The van der Waals surface area contributed by atoms with Gasteiger partial charge in [-0.05, 0) is 30.3 Å². The Bertz CT molecular complexity index is 1360. The Labute approximate surface area is 173 Å². The van der Waals surface area contributed by atoms with Crippen molar-refractivity contribution >= 4 is 34.0 Å². The second-order valence-electron chi connectivity index (χ2n) is 6.21. The maximum absolute atomic E-state index is 12.3. The second-order valence-corrected chi connectivity index (χ2v) is 7.63. The quantitative estimate of drug-likeness (QED) is 0.430. The lowest BCUT2D eigenvalue weighted by atomic mass is 10.2. The highest BCUT2D eigenvalue weighted by atomic mass is 35.5. The summed E-state index contributed by atoms with van der Waals surface area (Å²) in [7, 11) is 0. The molecule has 29 heavy (non-hydrogen) atoms. The van der Waals surface area contributed by atoms with E-state index < -0.39 is 0 Å². The Kier molecular flexibility index (Phi) is 4.42. The molecule has 142 valence electrons. The van der Waals surface area contributed by atoms with E-state index in [9.17, 15) is 4.79 Å². The van der Waals surface area contributed by atoms with Crippen molar-refractivity contribution in [3.05, 3.63) is 81.9 Å². The fraction of sp³-hybridized carbons (Fsp3) is 0.0500. The fourth-order valence-electron chi connectivity index (χ4n) is 2.86. The molecule has 2 aromatic carbocycles. The summed E-state index contributed by atoms with van der Waals surface area (Å²) >= 11 is 7.43. The molecular weight excluding hydrogens is 410 g/mol. The molecule has 7 nitrogen and oxygen atoms in total. The van der Waals surface area contributed by atoms with Gasteiger partial charge in [-0.1, -0.05) is 47.2 Å². The molecule has 0 radical (unpaired) electrons. The number of oxazole rings is 1. The van der Waals surface area contributed by atoms with Gasteiger partial charge in [0.15, 0.2) is 10.6 Å². The monoisotopic (exact) mass is 421 g/mol. The summed E-state index contributed by atoms with van der Waals surface area (Å²) in [6.07, 6.45) is 0. The van der Waals surface area contributed by atoms with Gasteiger partial charge in [-0.25, -0.2) is 9.67 Å². The van der Waals surface area contributed by atoms with E-state index in [0.717, 1.165) is 16.1 Å². The van der Waals surface area contributed by atoms with Gasteiger partial charge in [0, 0.05) is 16.7 Å². The molecule has 0 saturated heterocycles. The maximum atomic E-state index is 12.3. The van der Waals surface area contributed by atoms with Gasteiger partial charge in [0.25, 0.3) is 5.56 Å². The Morgan fingerprint density at radius 1 is 1.00 bits per heavy atom. The van der Waals surface area contributed by atoms with Crippen LogP contribution >= 0.6 is 22.9 Å². The van der Waals surface area contributed by atoms with Crippen LogP contribution in [0.5, 0.6) is 0 Å². The average Bonchev–Trinajstić information content (AvgIpc) is 3.36. The Balaban J connectivity index is 1.47. The van der Waals surface area contributed by atoms with Gasteiger partial charge in [0.1, 0.15) is 22.8 Å². The molecule has 3 aromatic heterocycles. The van der Waals surface area contributed by atoms with Crippen LogP contribution in [0.25, 0.3) is 32.4 Å². The van der Waals surface area contributed by atoms with Crippen molar-refractivity contribution in [1.82, 2.24) is 25.0 Å². The number of hydrogen-bond acceptors (Lipinski definition) is 7. The molecule has 0 atom stereocenters. The molecule has 0 spiro atoms. The molecule has 0 bridgehead atoms. The first kappa shape index (κ1) is 17.7. The number of fused-ring (bicyclic) bond motifs is 1. The van der Waals surface area contributed by atoms with Crippen LogP contribution in [0.3, 0.4) is 0 Å². The van der Waals surface area contributed by atoms with Crippen LogP contribution in [0.2, 0.25) is 5.02 Å². The minimum Gasteiger partial charge on any atom is -0.439 e. The van der Waals surface area contributed by atoms with Crippen molar-refractivity contribution in [1.29, 1.82) is 0 Å². The minimum absolute atomic E-state index is 0.126. The summed E-state index contributed by atoms with van der Waals surface area (Å²) in [5.41, 5.74) is 2.58. The van der Waals surface area contributed by atoms with Gasteiger partial charge < -0.3 is 4.42 Å². The number of aromatic nitrogens is 5. The average molecular weight is 422 g/mol. The number of halogens is 1. The zero-order valence-electron chi connectivity index (χ0n) is 14.8. The van der Waals surface area contributed by atoms with E-state index >= 15 is 0 Å². The molecule has 0 aliphatic heterocycles. The van der Waals surface area contributed by atoms with Crippen LogP contribution in [0, 0.1) is 0 Å². The number of nitrogens with zero attached hydrogens (tertiary/aromatic N) is 5. The standard InChI is InChI=1S/C20H12ClN5O2S/c21-13-5-3-4-12(10-13)19-23-24-20(29-19)15-8-9-18(27)26(25-15)11-17-22-14-6-1-2-7-16(14)28-17/h1-10H,11H2. The van der Waals surface area contributed by atoms with E-state index in [4.69, 9.17) is 16.0 Å². The number of rotatable bonds is 4. The van der Waals surface area contributed by atoms with Crippen molar-refractivity contribution in [2.45, 2.75) is 6.54 Å². The van der Waals surface area contributed by atoms with Crippen molar-refractivity contribution in [3.8, 4) is 21.3 Å². The van der Waals surface area contributed by atoms with Crippen LogP contribution in [0.1, 0.15) is 5.89 Å². The molecule has 9 heteroatoms.